The van der Waals surface area contributed by atoms with Gasteiger partial charge in [0.2, 0.25) is 0 Å². The smallest absolute Gasteiger partial charge is 0.310 e. The van der Waals surface area contributed by atoms with Gasteiger partial charge in [-0.25, -0.2) is 0 Å². The van der Waals surface area contributed by atoms with Crippen molar-refractivity contribution in [2.24, 2.45) is 5.92 Å². The maximum atomic E-state index is 11.3. The SMILES string of the molecule is Cl.O=C(O)C1CN(CCC=C(c2ccccc2)c2ccccc2)CCC1O. The molecule has 0 spiro atoms. The van der Waals surface area contributed by atoms with Crippen molar-refractivity contribution in [1.82, 2.24) is 4.90 Å². The van der Waals surface area contributed by atoms with Gasteiger partial charge in [0, 0.05) is 19.6 Å². The van der Waals surface area contributed by atoms with Gasteiger partial charge in [-0.15, -0.1) is 12.4 Å². The zero-order valence-corrected chi connectivity index (χ0v) is 16.0. The molecule has 0 aliphatic carbocycles. The maximum Gasteiger partial charge on any atom is 0.310 e. The lowest BCUT2D eigenvalue weighted by atomic mass is 9.94. The average molecular weight is 388 g/mol. The molecule has 2 N–H and O–H groups in total. The predicted octanol–water partition coefficient (Wildman–Crippen LogP) is 3.70. The van der Waals surface area contributed by atoms with Crippen molar-refractivity contribution in [2.45, 2.75) is 18.9 Å². The molecule has 0 saturated carbocycles. The quantitative estimate of drug-likeness (QED) is 0.793. The van der Waals surface area contributed by atoms with Crippen molar-refractivity contribution >= 4 is 23.9 Å². The molecule has 2 aromatic rings. The van der Waals surface area contributed by atoms with Crippen LogP contribution in [0.5, 0.6) is 0 Å². The van der Waals surface area contributed by atoms with Crippen LogP contribution in [0.15, 0.2) is 66.7 Å². The molecule has 0 radical (unpaired) electrons. The number of hydrogen-bond donors (Lipinski definition) is 2. The minimum atomic E-state index is -0.910. The number of aliphatic hydroxyl groups is 1. The van der Waals surface area contributed by atoms with Gasteiger partial charge in [-0.1, -0.05) is 66.7 Å². The van der Waals surface area contributed by atoms with Gasteiger partial charge >= 0.3 is 5.97 Å². The lowest BCUT2D eigenvalue weighted by Gasteiger charge is -2.33. The summed E-state index contributed by atoms with van der Waals surface area (Å²) in [6, 6.07) is 20.6. The van der Waals surface area contributed by atoms with Crippen molar-refractivity contribution in [3.05, 3.63) is 77.9 Å². The van der Waals surface area contributed by atoms with Crippen LogP contribution >= 0.6 is 12.4 Å². The van der Waals surface area contributed by atoms with Crippen LogP contribution in [0.3, 0.4) is 0 Å². The minimum Gasteiger partial charge on any atom is -0.481 e. The van der Waals surface area contributed by atoms with E-state index in [4.69, 9.17) is 0 Å². The lowest BCUT2D eigenvalue weighted by molar-refractivity contribution is -0.148. The Balaban J connectivity index is 0.00000261. The van der Waals surface area contributed by atoms with Crippen molar-refractivity contribution in [2.75, 3.05) is 19.6 Å². The average Bonchev–Trinajstić information content (AvgIpc) is 2.67. The Hall–Kier alpha value is -2.14. The Bertz CT molecular complexity index is 707. The summed E-state index contributed by atoms with van der Waals surface area (Å²) in [6.07, 6.45) is 2.85. The molecule has 144 valence electrons. The van der Waals surface area contributed by atoms with Crippen LogP contribution in [0.4, 0.5) is 0 Å². The zero-order chi connectivity index (χ0) is 18.4. The first kappa shape index (κ1) is 21.2. The first-order chi connectivity index (χ1) is 12.6. The Morgan fingerprint density at radius 2 is 1.59 bits per heavy atom. The highest BCUT2D eigenvalue weighted by atomic mass is 35.5. The van der Waals surface area contributed by atoms with Crippen molar-refractivity contribution in [3.63, 3.8) is 0 Å². The summed E-state index contributed by atoms with van der Waals surface area (Å²) in [5.74, 6) is -1.59. The van der Waals surface area contributed by atoms with E-state index in [2.05, 4.69) is 35.2 Å². The number of halogens is 1. The van der Waals surface area contributed by atoms with Crippen LogP contribution in [-0.2, 0) is 4.79 Å². The van der Waals surface area contributed by atoms with Gasteiger partial charge in [0.05, 0.1) is 12.0 Å². The number of carboxylic acid groups (broad SMARTS) is 1. The van der Waals surface area contributed by atoms with Gasteiger partial charge in [-0.3, -0.25) is 4.79 Å². The predicted molar refractivity (Wildman–Crippen MR) is 110 cm³/mol. The lowest BCUT2D eigenvalue weighted by Crippen LogP contribution is -2.46. The second-order valence-electron chi connectivity index (χ2n) is 6.74. The van der Waals surface area contributed by atoms with Crippen LogP contribution in [0, 0.1) is 5.92 Å². The molecule has 4 nitrogen and oxygen atoms in total. The molecule has 5 heteroatoms. The number of piperidine rings is 1. The van der Waals surface area contributed by atoms with Gasteiger partial charge in [0.1, 0.15) is 0 Å². The van der Waals surface area contributed by atoms with E-state index >= 15 is 0 Å². The standard InChI is InChI=1S/C22H25NO3.ClH/c24-21-13-15-23(16-20(21)22(25)26)14-7-12-19(17-8-3-1-4-9-17)18-10-5-2-6-11-18;/h1-6,8-12,20-21,24H,7,13-16H2,(H,25,26);1H. The Morgan fingerprint density at radius 3 is 2.11 bits per heavy atom. The summed E-state index contributed by atoms with van der Waals surface area (Å²) in [4.78, 5) is 13.4. The van der Waals surface area contributed by atoms with Gasteiger partial charge in [0.15, 0.2) is 0 Å². The molecule has 1 heterocycles. The zero-order valence-electron chi connectivity index (χ0n) is 15.2. The van der Waals surface area contributed by atoms with E-state index in [-0.39, 0.29) is 12.4 Å². The molecular weight excluding hydrogens is 362 g/mol. The van der Waals surface area contributed by atoms with E-state index in [9.17, 15) is 15.0 Å². The number of nitrogens with zero attached hydrogens (tertiary/aromatic N) is 1. The van der Waals surface area contributed by atoms with Crippen molar-refractivity contribution in [1.29, 1.82) is 0 Å². The first-order valence-corrected chi connectivity index (χ1v) is 9.09. The number of benzene rings is 2. The molecule has 27 heavy (non-hydrogen) atoms. The summed E-state index contributed by atoms with van der Waals surface area (Å²) >= 11 is 0. The van der Waals surface area contributed by atoms with E-state index in [0.717, 1.165) is 19.5 Å². The minimum absolute atomic E-state index is 0. The van der Waals surface area contributed by atoms with E-state index in [0.29, 0.717) is 13.0 Å². The molecule has 1 saturated heterocycles. The van der Waals surface area contributed by atoms with Crippen LogP contribution in [0.1, 0.15) is 24.0 Å². The molecule has 1 aliphatic rings. The number of carboxylic acids is 1. The summed E-state index contributed by atoms with van der Waals surface area (Å²) in [5.41, 5.74) is 3.55. The third-order valence-electron chi connectivity index (χ3n) is 4.94. The van der Waals surface area contributed by atoms with E-state index < -0.39 is 18.0 Å². The summed E-state index contributed by atoms with van der Waals surface area (Å²) in [6.45, 7) is 1.95. The summed E-state index contributed by atoms with van der Waals surface area (Å²) < 4.78 is 0. The van der Waals surface area contributed by atoms with Gasteiger partial charge in [-0.2, -0.15) is 0 Å². The van der Waals surface area contributed by atoms with Crippen LogP contribution in [0.2, 0.25) is 0 Å². The highest BCUT2D eigenvalue weighted by Gasteiger charge is 2.32. The van der Waals surface area contributed by atoms with E-state index in [1.54, 1.807) is 0 Å². The molecule has 2 unspecified atom stereocenters. The van der Waals surface area contributed by atoms with E-state index in [1.165, 1.54) is 16.7 Å². The second-order valence-corrected chi connectivity index (χ2v) is 6.74. The van der Waals surface area contributed by atoms with Crippen LogP contribution in [-0.4, -0.2) is 46.8 Å². The monoisotopic (exact) mass is 387 g/mol. The van der Waals surface area contributed by atoms with Crippen molar-refractivity contribution in [3.8, 4) is 0 Å². The largest absolute Gasteiger partial charge is 0.481 e. The fourth-order valence-corrected chi connectivity index (χ4v) is 3.48. The summed E-state index contributed by atoms with van der Waals surface area (Å²) in [5, 5.41) is 19.1. The number of aliphatic hydroxyl groups excluding tert-OH is 1. The highest BCUT2D eigenvalue weighted by Crippen LogP contribution is 2.24. The molecule has 2 aromatic carbocycles. The normalized spacial score (nSPS) is 19.7. The Morgan fingerprint density at radius 1 is 1.04 bits per heavy atom. The highest BCUT2D eigenvalue weighted by molar-refractivity contribution is 5.85. The Kier molecular flexibility index (Phi) is 8.04. The molecule has 1 aliphatic heterocycles. The number of likely N-dealkylation sites (tertiary alicyclic amines) is 1. The third kappa shape index (κ3) is 5.67. The molecule has 0 bridgehead atoms. The number of aliphatic carboxylic acids is 1. The number of rotatable bonds is 6. The fraction of sp³-hybridized carbons (Fsp3) is 0.318. The van der Waals surface area contributed by atoms with Crippen LogP contribution in [0.25, 0.3) is 5.57 Å². The van der Waals surface area contributed by atoms with Gasteiger partial charge in [0.25, 0.3) is 0 Å². The first-order valence-electron chi connectivity index (χ1n) is 9.09. The van der Waals surface area contributed by atoms with Crippen LogP contribution < -0.4 is 0 Å². The topological polar surface area (TPSA) is 60.8 Å². The molecule has 0 amide bonds. The Labute approximate surface area is 166 Å². The molecule has 1 fully saturated rings. The number of hydrogen-bond acceptors (Lipinski definition) is 3. The number of carbonyl (C=O) groups is 1. The fourth-order valence-electron chi connectivity index (χ4n) is 3.48. The molecular formula is C22H26ClNO3. The second kappa shape index (κ2) is 10.3. The molecule has 2 atom stereocenters. The van der Waals surface area contributed by atoms with Crippen molar-refractivity contribution < 1.29 is 15.0 Å². The van der Waals surface area contributed by atoms with Gasteiger partial charge < -0.3 is 15.1 Å². The summed E-state index contributed by atoms with van der Waals surface area (Å²) in [7, 11) is 0. The van der Waals surface area contributed by atoms with E-state index in [1.807, 2.05) is 36.4 Å². The molecule has 0 aromatic heterocycles. The maximum absolute atomic E-state index is 11.3. The third-order valence-corrected chi connectivity index (χ3v) is 4.94. The van der Waals surface area contributed by atoms with Gasteiger partial charge in [-0.05, 0) is 29.5 Å². The molecule has 3 rings (SSSR count).